The second-order valence-corrected chi connectivity index (χ2v) is 7.04. The Labute approximate surface area is 94.4 Å². The summed E-state index contributed by atoms with van der Waals surface area (Å²) in [6.45, 7) is 0.326. The molecular weight excluding hydrogens is 240 g/mol. The maximum atomic E-state index is 9.35. The molecule has 1 atom stereocenters. The van der Waals surface area contributed by atoms with Crippen LogP contribution in [0.15, 0.2) is 0 Å². The second-order valence-electron chi connectivity index (χ2n) is 5.93. The van der Waals surface area contributed by atoms with Crippen LogP contribution in [0.3, 0.4) is 0 Å². The maximum Gasteiger partial charge on any atom is 0.0561 e. The van der Waals surface area contributed by atoms with Crippen LogP contribution in [0, 0.1) is 23.2 Å². The summed E-state index contributed by atoms with van der Waals surface area (Å²) in [6, 6.07) is 0. The van der Waals surface area contributed by atoms with E-state index in [1.807, 2.05) is 0 Å². The van der Waals surface area contributed by atoms with Crippen LogP contribution in [0.4, 0.5) is 0 Å². The van der Waals surface area contributed by atoms with Crippen LogP contribution in [0.1, 0.15) is 38.5 Å². The zero-order chi connectivity index (χ0) is 9.76. The predicted octanol–water partition coefficient (Wildman–Crippen LogP) is 2.96. The minimum atomic E-state index is 0.326. The van der Waals surface area contributed by atoms with Crippen LogP contribution in [-0.2, 0) is 0 Å². The van der Waals surface area contributed by atoms with E-state index in [0.717, 1.165) is 17.8 Å². The minimum Gasteiger partial charge on any atom is -0.395 e. The maximum absolute atomic E-state index is 9.35. The average molecular weight is 259 g/mol. The molecule has 1 nitrogen and oxygen atoms in total. The van der Waals surface area contributed by atoms with Gasteiger partial charge in [-0.1, -0.05) is 15.9 Å². The van der Waals surface area contributed by atoms with E-state index < -0.39 is 0 Å². The van der Waals surface area contributed by atoms with Gasteiger partial charge in [0.15, 0.2) is 0 Å². The third-order valence-electron chi connectivity index (χ3n) is 4.91. The normalized spacial score (nSPS) is 52.3. The Hall–Kier alpha value is 0.440. The summed E-state index contributed by atoms with van der Waals surface area (Å²) in [4.78, 5) is 0.364. The van der Waals surface area contributed by atoms with Crippen molar-refractivity contribution in [1.82, 2.24) is 0 Å². The summed E-state index contributed by atoms with van der Waals surface area (Å²) < 4.78 is 0. The lowest BCUT2D eigenvalue weighted by Gasteiger charge is -2.58. The molecule has 0 radical (unpaired) electrons. The first-order valence-electron chi connectivity index (χ1n) is 5.97. The highest BCUT2D eigenvalue weighted by molar-refractivity contribution is 9.09. The summed E-state index contributed by atoms with van der Waals surface area (Å²) in [6.07, 6.45) is 8.62. The van der Waals surface area contributed by atoms with Crippen molar-refractivity contribution in [3.63, 3.8) is 0 Å². The summed E-state index contributed by atoms with van der Waals surface area (Å²) in [5.74, 6) is 2.98. The van der Waals surface area contributed by atoms with Crippen molar-refractivity contribution in [2.75, 3.05) is 6.61 Å². The summed E-state index contributed by atoms with van der Waals surface area (Å²) in [5.41, 5.74) is 0.476. The highest BCUT2D eigenvalue weighted by Gasteiger charge is 2.53. The molecule has 0 saturated heterocycles. The fraction of sp³-hybridized carbons (Fsp3) is 1.00. The average Bonchev–Trinajstić information content (AvgIpc) is 2.14. The van der Waals surface area contributed by atoms with Gasteiger partial charge in [-0.2, -0.15) is 0 Å². The van der Waals surface area contributed by atoms with Gasteiger partial charge >= 0.3 is 0 Å². The molecule has 0 aromatic rings. The fourth-order valence-electron chi connectivity index (χ4n) is 4.75. The zero-order valence-corrected chi connectivity index (χ0v) is 10.2. The smallest absolute Gasteiger partial charge is 0.0561 e. The van der Waals surface area contributed by atoms with Gasteiger partial charge in [0.05, 0.1) is 6.61 Å². The van der Waals surface area contributed by atoms with Gasteiger partial charge in [0, 0.05) is 4.83 Å². The Morgan fingerprint density at radius 2 is 1.50 bits per heavy atom. The number of rotatable bonds is 2. The van der Waals surface area contributed by atoms with Crippen molar-refractivity contribution in [2.24, 2.45) is 23.2 Å². The lowest BCUT2D eigenvalue weighted by Crippen LogP contribution is -2.50. The molecule has 4 aliphatic rings. The molecule has 80 valence electrons. The number of alkyl halides is 1. The second kappa shape index (κ2) is 3.21. The first-order valence-corrected chi connectivity index (χ1v) is 6.88. The standard InChI is InChI=1S/C12H19BrO/c13-11(7-14)12-4-8-1-9(5-12)3-10(2-8)6-12/h8-11,14H,1-7H2/t8?,9?,10?,11-,12?/m0/s1. The molecule has 4 saturated carbocycles. The largest absolute Gasteiger partial charge is 0.395 e. The van der Waals surface area contributed by atoms with Crippen LogP contribution < -0.4 is 0 Å². The van der Waals surface area contributed by atoms with Crippen LogP contribution >= 0.6 is 15.9 Å². The zero-order valence-electron chi connectivity index (χ0n) is 8.58. The summed E-state index contributed by atoms with van der Waals surface area (Å²) in [7, 11) is 0. The Morgan fingerprint density at radius 3 is 1.86 bits per heavy atom. The van der Waals surface area contributed by atoms with Gasteiger partial charge in [-0.3, -0.25) is 0 Å². The van der Waals surface area contributed by atoms with E-state index in [9.17, 15) is 5.11 Å². The molecule has 0 spiro atoms. The van der Waals surface area contributed by atoms with E-state index in [0.29, 0.717) is 16.8 Å². The van der Waals surface area contributed by atoms with Crippen LogP contribution in [0.25, 0.3) is 0 Å². The van der Waals surface area contributed by atoms with Gasteiger partial charge in [-0.25, -0.2) is 0 Å². The SMILES string of the molecule is OC[C@H](Br)C12CC3CC(CC(C3)C1)C2. The fourth-order valence-corrected chi connectivity index (χ4v) is 5.32. The van der Waals surface area contributed by atoms with E-state index in [2.05, 4.69) is 15.9 Å². The van der Waals surface area contributed by atoms with Crippen molar-refractivity contribution >= 4 is 15.9 Å². The van der Waals surface area contributed by atoms with Crippen LogP contribution in [0.5, 0.6) is 0 Å². The Balaban J connectivity index is 1.87. The van der Waals surface area contributed by atoms with Crippen LogP contribution in [-0.4, -0.2) is 16.5 Å². The lowest BCUT2D eigenvalue weighted by atomic mass is 9.49. The number of hydrogen-bond donors (Lipinski definition) is 1. The monoisotopic (exact) mass is 258 g/mol. The quantitative estimate of drug-likeness (QED) is 0.756. The molecule has 4 fully saturated rings. The van der Waals surface area contributed by atoms with E-state index in [1.165, 1.54) is 38.5 Å². The minimum absolute atomic E-state index is 0.326. The molecule has 0 aromatic carbocycles. The van der Waals surface area contributed by atoms with Gasteiger partial charge in [-0.15, -0.1) is 0 Å². The topological polar surface area (TPSA) is 20.2 Å². The van der Waals surface area contributed by atoms with Crippen molar-refractivity contribution in [2.45, 2.75) is 43.4 Å². The van der Waals surface area contributed by atoms with Gasteiger partial charge in [0.2, 0.25) is 0 Å². The first kappa shape index (κ1) is 9.65. The molecule has 4 bridgehead atoms. The third-order valence-corrected chi connectivity index (χ3v) is 6.17. The molecule has 4 aliphatic carbocycles. The van der Waals surface area contributed by atoms with Crippen LogP contribution in [0.2, 0.25) is 0 Å². The summed E-state index contributed by atoms with van der Waals surface area (Å²) >= 11 is 3.72. The molecule has 4 rings (SSSR count). The van der Waals surface area contributed by atoms with E-state index in [-0.39, 0.29) is 0 Å². The Morgan fingerprint density at radius 1 is 1.07 bits per heavy atom. The molecule has 0 heterocycles. The number of halogens is 1. The first-order chi connectivity index (χ1) is 6.72. The van der Waals surface area contributed by atoms with Gasteiger partial charge in [0.1, 0.15) is 0 Å². The van der Waals surface area contributed by atoms with E-state index >= 15 is 0 Å². The molecule has 2 heteroatoms. The molecule has 1 N–H and O–H groups in total. The van der Waals surface area contributed by atoms with Crippen molar-refractivity contribution < 1.29 is 5.11 Å². The molecule has 14 heavy (non-hydrogen) atoms. The highest BCUT2D eigenvalue weighted by atomic mass is 79.9. The number of hydrogen-bond acceptors (Lipinski definition) is 1. The van der Waals surface area contributed by atoms with E-state index in [1.54, 1.807) is 0 Å². The lowest BCUT2D eigenvalue weighted by molar-refractivity contribution is -0.0582. The molecular formula is C12H19BrO. The highest BCUT2D eigenvalue weighted by Crippen LogP contribution is 2.62. The number of aliphatic hydroxyl groups excluding tert-OH is 1. The van der Waals surface area contributed by atoms with Crippen molar-refractivity contribution in [3.8, 4) is 0 Å². The molecule has 0 aromatic heterocycles. The van der Waals surface area contributed by atoms with Gasteiger partial charge in [-0.05, 0) is 61.7 Å². The number of aliphatic hydroxyl groups is 1. The Bertz CT molecular complexity index is 203. The molecule has 0 aliphatic heterocycles. The Kier molecular flexibility index (Phi) is 2.22. The third kappa shape index (κ3) is 1.30. The van der Waals surface area contributed by atoms with Crippen molar-refractivity contribution in [1.29, 1.82) is 0 Å². The van der Waals surface area contributed by atoms with Gasteiger partial charge in [0.25, 0.3) is 0 Å². The van der Waals surface area contributed by atoms with Gasteiger partial charge < -0.3 is 5.11 Å². The van der Waals surface area contributed by atoms with Crippen molar-refractivity contribution in [3.05, 3.63) is 0 Å². The summed E-state index contributed by atoms with van der Waals surface area (Å²) in [5, 5.41) is 9.35. The predicted molar refractivity (Wildman–Crippen MR) is 60.4 cm³/mol. The molecule has 0 unspecified atom stereocenters. The van der Waals surface area contributed by atoms with E-state index in [4.69, 9.17) is 0 Å². The molecule has 0 amide bonds.